The quantitative estimate of drug-likeness (QED) is 0.258. The van der Waals surface area contributed by atoms with Crippen molar-refractivity contribution in [2.24, 2.45) is 0 Å². The molecule has 8 nitrogen and oxygen atoms in total. The Bertz CT molecular complexity index is 1870. The molecule has 0 bridgehead atoms. The van der Waals surface area contributed by atoms with Gasteiger partial charge in [0.1, 0.15) is 24.3 Å². The van der Waals surface area contributed by atoms with Crippen molar-refractivity contribution in [2.45, 2.75) is 32.2 Å². The molecular formula is C36H36N6O2. The largest absolute Gasteiger partial charge is 0.491 e. The predicted molar refractivity (Wildman–Crippen MR) is 173 cm³/mol. The summed E-state index contributed by atoms with van der Waals surface area (Å²) < 4.78 is 6.10. The van der Waals surface area contributed by atoms with Gasteiger partial charge in [0.25, 0.3) is 5.91 Å². The summed E-state index contributed by atoms with van der Waals surface area (Å²) in [7, 11) is 0. The summed E-state index contributed by atoms with van der Waals surface area (Å²) in [4.78, 5) is 31.1. The third-order valence-corrected chi connectivity index (χ3v) is 9.23. The zero-order valence-electron chi connectivity index (χ0n) is 25.0. The van der Waals surface area contributed by atoms with Crippen LogP contribution in [0.5, 0.6) is 5.75 Å². The van der Waals surface area contributed by atoms with Crippen LogP contribution in [0.25, 0.3) is 33.5 Å². The number of aromatic amines is 1. The van der Waals surface area contributed by atoms with Gasteiger partial charge in [0.05, 0.1) is 17.8 Å². The summed E-state index contributed by atoms with van der Waals surface area (Å²) in [6.45, 7) is 8.16. The Morgan fingerprint density at radius 1 is 0.932 bits per heavy atom. The molecule has 4 heterocycles. The lowest BCUT2D eigenvalue weighted by molar-refractivity contribution is 0.0989. The van der Waals surface area contributed by atoms with Crippen LogP contribution in [0.1, 0.15) is 45.8 Å². The van der Waals surface area contributed by atoms with Gasteiger partial charge in [0.2, 0.25) is 0 Å². The van der Waals surface area contributed by atoms with Crippen LogP contribution in [0.4, 0.5) is 5.69 Å². The number of anilines is 1. The van der Waals surface area contributed by atoms with Crippen LogP contribution in [-0.2, 0) is 6.54 Å². The van der Waals surface area contributed by atoms with Gasteiger partial charge in [-0.3, -0.25) is 9.69 Å². The molecule has 2 N–H and O–H groups in total. The van der Waals surface area contributed by atoms with Crippen molar-refractivity contribution < 1.29 is 9.53 Å². The second kappa shape index (κ2) is 11.2. The number of benzene rings is 3. The van der Waals surface area contributed by atoms with Gasteiger partial charge in [-0.15, -0.1) is 0 Å². The zero-order valence-corrected chi connectivity index (χ0v) is 25.0. The fourth-order valence-corrected chi connectivity index (χ4v) is 6.68. The zero-order chi connectivity index (χ0) is 29.6. The van der Waals surface area contributed by atoms with Crippen LogP contribution in [0.15, 0.2) is 73.1 Å². The van der Waals surface area contributed by atoms with Gasteiger partial charge in [-0.1, -0.05) is 36.4 Å². The number of hydrogen-bond acceptors (Lipinski definition) is 6. The van der Waals surface area contributed by atoms with Crippen LogP contribution in [-0.4, -0.2) is 65.1 Å². The number of carbonyl (C=O) groups is 1. The second-order valence-corrected chi connectivity index (χ2v) is 12.2. The van der Waals surface area contributed by atoms with Crippen molar-refractivity contribution in [3.8, 4) is 28.3 Å². The van der Waals surface area contributed by atoms with E-state index in [2.05, 4.69) is 75.6 Å². The maximum absolute atomic E-state index is 13.9. The van der Waals surface area contributed by atoms with E-state index in [1.54, 1.807) is 6.33 Å². The molecule has 8 heteroatoms. The smallest absolute Gasteiger partial charge is 0.262 e. The van der Waals surface area contributed by atoms with Gasteiger partial charge >= 0.3 is 0 Å². The Balaban J connectivity index is 1.12. The first-order chi connectivity index (χ1) is 21.6. The summed E-state index contributed by atoms with van der Waals surface area (Å²) in [6.07, 6.45) is 4.05. The molecule has 44 heavy (non-hydrogen) atoms. The van der Waals surface area contributed by atoms with Crippen LogP contribution < -0.4 is 15.0 Å². The first-order valence-corrected chi connectivity index (χ1v) is 15.7. The van der Waals surface area contributed by atoms with Crippen molar-refractivity contribution in [2.75, 3.05) is 44.2 Å². The van der Waals surface area contributed by atoms with Crippen molar-refractivity contribution in [3.05, 3.63) is 95.3 Å². The molecule has 1 saturated heterocycles. The average Bonchev–Trinajstić information content (AvgIpc) is 3.83. The standard InChI is InChI=1S/C36H36N6O2/c1-23-28(6-3-7-32(23)42-16-17-44-33-19-26(25-8-9-25)10-11-29(33)36(42)43)34-30-20-31(40-35(30)39-22-38-34)27-5-2-4-24(18-27)21-41-14-12-37-13-15-41/h2-7,10-11,18-20,22,25,37H,8-9,12-17,21H2,1H3,(H,38,39,40). The average molecular weight is 585 g/mol. The lowest BCUT2D eigenvalue weighted by Gasteiger charge is -2.27. The van der Waals surface area contributed by atoms with Gasteiger partial charge in [-0.25, -0.2) is 9.97 Å². The lowest BCUT2D eigenvalue weighted by Crippen LogP contribution is -2.42. The van der Waals surface area contributed by atoms with Crippen molar-refractivity contribution in [1.29, 1.82) is 0 Å². The van der Waals surface area contributed by atoms with E-state index in [-0.39, 0.29) is 5.91 Å². The van der Waals surface area contributed by atoms with Crippen molar-refractivity contribution >= 4 is 22.6 Å². The summed E-state index contributed by atoms with van der Waals surface area (Å²) >= 11 is 0. The van der Waals surface area contributed by atoms with E-state index in [9.17, 15) is 4.79 Å². The molecule has 5 aromatic rings. The molecule has 1 amide bonds. The number of nitrogens with one attached hydrogen (secondary N) is 2. The first-order valence-electron chi connectivity index (χ1n) is 15.7. The van der Waals surface area contributed by atoms with Gasteiger partial charge in [0.15, 0.2) is 0 Å². The third-order valence-electron chi connectivity index (χ3n) is 9.23. The van der Waals surface area contributed by atoms with E-state index in [0.717, 1.165) is 77.5 Å². The number of fused-ring (bicyclic) bond motifs is 2. The minimum absolute atomic E-state index is 0.0300. The number of nitrogens with zero attached hydrogens (tertiary/aromatic N) is 4. The molecule has 2 fully saturated rings. The number of H-pyrrole nitrogens is 1. The van der Waals surface area contributed by atoms with Crippen molar-refractivity contribution in [1.82, 2.24) is 25.2 Å². The highest BCUT2D eigenvalue weighted by Gasteiger charge is 2.30. The van der Waals surface area contributed by atoms with Gasteiger partial charge < -0.3 is 19.9 Å². The number of amides is 1. The number of carbonyl (C=O) groups excluding carboxylic acids is 1. The molecule has 3 aliphatic rings. The Morgan fingerprint density at radius 3 is 2.66 bits per heavy atom. The molecule has 222 valence electrons. The summed E-state index contributed by atoms with van der Waals surface area (Å²) in [5, 5.41) is 4.39. The molecule has 0 atom stereocenters. The fraction of sp³-hybridized carbons (Fsp3) is 0.306. The topological polar surface area (TPSA) is 86.4 Å². The molecule has 3 aromatic carbocycles. The maximum atomic E-state index is 13.9. The highest BCUT2D eigenvalue weighted by Crippen LogP contribution is 2.42. The number of ether oxygens (including phenoxy) is 1. The molecule has 2 aromatic heterocycles. The summed E-state index contributed by atoms with van der Waals surface area (Å²) in [5.41, 5.74) is 9.83. The Morgan fingerprint density at radius 2 is 1.80 bits per heavy atom. The van der Waals surface area contributed by atoms with Gasteiger partial charge in [0, 0.05) is 55.1 Å². The van der Waals surface area contributed by atoms with E-state index >= 15 is 0 Å². The number of rotatable bonds is 6. The summed E-state index contributed by atoms with van der Waals surface area (Å²) in [5.74, 6) is 1.28. The molecule has 0 radical (unpaired) electrons. The molecule has 0 spiro atoms. The Hall–Kier alpha value is -4.53. The minimum atomic E-state index is -0.0300. The van der Waals surface area contributed by atoms with E-state index in [0.29, 0.717) is 30.4 Å². The summed E-state index contributed by atoms with van der Waals surface area (Å²) in [6, 6.07) is 23.1. The Labute approximate surface area is 257 Å². The third kappa shape index (κ3) is 5.04. The number of hydrogen-bond donors (Lipinski definition) is 2. The Kier molecular flexibility index (Phi) is 6.88. The van der Waals surface area contributed by atoms with E-state index in [1.807, 2.05) is 23.1 Å². The van der Waals surface area contributed by atoms with Gasteiger partial charge in [-0.2, -0.15) is 0 Å². The monoisotopic (exact) mass is 584 g/mol. The predicted octanol–water partition coefficient (Wildman–Crippen LogP) is 5.92. The lowest BCUT2D eigenvalue weighted by atomic mass is 10.00. The normalized spacial score (nSPS) is 17.4. The molecule has 8 rings (SSSR count). The van der Waals surface area contributed by atoms with Gasteiger partial charge in [-0.05, 0) is 78.3 Å². The highest BCUT2D eigenvalue weighted by molar-refractivity contribution is 6.09. The van der Waals surface area contributed by atoms with Crippen LogP contribution in [0.2, 0.25) is 0 Å². The van der Waals surface area contributed by atoms with E-state index in [1.165, 1.54) is 24.0 Å². The first kappa shape index (κ1) is 27.0. The number of piperazine rings is 1. The molecular weight excluding hydrogens is 548 g/mol. The highest BCUT2D eigenvalue weighted by atomic mass is 16.5. The SMILES string of the molecule is Cc1c(-c2ncnc3[nH]c(-c4cccc(CN5CCNCC5)c4)cc23)cccc1N1CCOc2cc(C3CC3)ccc2C1=O. The molecule has 0 unspecified atom stereocenters. The number of aromatic nitrogens is 3. The second-order valence-electron chi connectivity index (χ2n) is 12.2. The molecule has 1 saturated carbocycles. The fourth-order valence-electron chi connectivity index (χ4n) is 6.68. The van der Waals surface area contributed by atoms with E-state index in [4.69, 9.17) is 9.72 Å². The van der Waals surface area contributed by atoms with Crippen LogP contribution in [0.3, 0.4) is 0 Å². The van der Waals surface area contributed by atoms with Crippen LogP contribution in [0, 0.1) is 6.92 Å². The van der Waals surface area contributed by atoms with Crippen LogP contribution >= 0.6 is 0 Å². The minimum Gasteiger partial charge on any atom is -0.491 e. The van der Waals surface area contributed by atoms with Crippen molar-refractivity contribution in [3.63, 3.8) is 0 Å². The molecule has 2 aliphatic heterocycles. The van der Waals surface area contributed by atoms with E-state index < -0.39 is 0 Å². The maximum Gasteiger partial charge on any atom is 0.262 e. The molecule has 1 aliphatic carbocycles.